The van der Waals surface area contributed by atoms with Crippen molar-refractivity contribution in [2.24, 2.45) is 0 Å². The Hall–Kier alpha value is -0.740. The van der Waals surface area contributed by atoms with Crippen molar-refractivity contribution >= 4 is 11.6 Å². The van der Waals surface area contributed by atoms with E-state index in [4.69, 9.17) is 11.6 Å². The van der Waals surface area contributed by atoms with Crippen LogP contribution in [0.5, 0.6) is 0 Å². The summed E-state index contributed by atoms with van der Waals surface area (Å²) < 4.78 is 38.7. The van der Waals surface area contributed by atoms with E-state index in [1.807, 2.05) is 6.92 Å². The van der Waals surface area contributed by atoms with Crippen LogP contribution < -0.4 is 5.32 Å². The third-order valence-electron chi connectivity index (χ3n) is 3.42. The van der Waals surface area contributed by atoms with Crippen molar-refractivity contribution < 1.29 is 13.2 Å². The summed E-state index contributed by atoms with van der Waals surface area (Å²) in [6.07, 6.45) is -3.23. The maximum atomic E-state index is 12.9. The minimum atomic E-state index is -4.17. The number of benzene rings is 1. The normalized spacial score (nSPS) is 19.6. The van der Waals surface area contributed by atoms with E-state index in [0.717, 1.165) is 5.56 Å². The molecule has 0 heterocycles. The van der Waals surface area contributed by atoms with Crippen molar-refractivity contribution in [1.82, 2.24) is 5.32 Å². The highest BCUT2D eigenvalue weighted by atomic mass is 35.5. The van der Waals surface area contributed by atoms with Gasteiger partial charge in [0.05, 0.1) is 0 Å². The summed E-state index contributed by atoms with van der Waals surface area (Å²) >= 11 is 5.78. The van der Waals surface area contributed by atoms with Gasteiger partial charge in [-0.3, -0.25) is 5.32 Å². The Morgan fingerprint density at radius 1 is 1.28 bits per heavy atom. The molecule has 0 saturated heterocycles. The first-order chi connectivity index (χ1) is 8.38. The summed E-state index contributed by atoms with van der Waals surface area (Å²) in [5.74, 6) is 0. The molecule has 1 nitrogen and oxygen atoms in total. The highest BCUT2D eigenvalue weighted by Crippen LogP contribution is 2.50. The molecule has 1 fully saturated rings. The van der Waals surface area contributed by atoms with E-state index in [1.165, 1.54) is 0 Å². The Labute approximate surface area is 109 Å². The van der Waals surface area contributed by atoms with E-state index < -0.39 is 11.7 Å². The number of hydrogen-bond donors (Lipinski definition) is 1. The van der Waals surface area contributed by atoms with Crippen LogP contribution >= 0.6 is 11.6 Å². The van der Waals surface area contributed by atoms with Gasteiger partial charge in [0.25, 0.3) is 0 Å². The number of nitrogens with one attached hydrogen (secondary N) is 1. The van der Waals surface area contributed by atoms with Crippen LogP contribution in [0.15, 0.2) is 24.3 Å². The molecule has 0 amide bonds. The maximum absolute atomic E-state index is 12.9. The van der Waals surface area contributed by atoms with Crippen LogP contribution in [0.2, 0.25) is 5.02 Å². The molecule has 5 heteroatoms. The second-order valence-electron chi connectivity index (χ2n) is 4.74. The fourth-order valence-electron chi connectivity index (χ4n) is 2.08. The first-order valence-electron chi connectivity index (χ1n) is 5.98. The first kappa shape index (κ1) is 13.7. The number of rotatable bonds is 4. The molecule has 1 aromatic rings. The molecule has 0 aliphatic heterocycles. The molecule has 18 heavy (non-hydrogen) atoms. The van der Waals surface area contributed by atoms with E-state index in [1.54, 1.807) is 24.3 Å². The van der Waals surface area contributed by atoms with Crippen LogP contribution in [0.4, 0.5) is 13.2 Å². The minimum absolute atomic E-state index is 0.167. The lowest BCUT2D eigenvalue weighted by Crippen LogP contribution is -2.46. The zero-order chi connectivity index (χ0) is 13.4. The van der Waals surface area contributed by atoms with Gasteiger partial charge in [0.15, 0.2) is 0 Å². The molecule has 1 atom stereocenters. The average Bonchev–Trinajstić information content (AvgIpc) is 3.07. The molecule has 100 valence electrons. The minimum Gasteiger partial charge on any atom is -0.297 e. The van der Waals surface area contributed by atoms with Gasteiger partial charge in [0, 0.05) is 11.1 Å². The molecule has 2 rings (SSSR count). The third-order valence-corrected chi connectivity index (χ3v) is 3.68. The third kappa shape index (κ3) is 2.64. The summed E-state index contributed by atoms with van der Waals surface area (Å²) in [6.45, 7) is 1.87. The van der Waals surface area contributed by atoms with Crippen LogP contribution in [0.25, 0.3) is 0 Å². The maximum Gasteiger partial charge on any atom is 0.406 e. The van der Waals surface area contributed by atoms with Gasteiger partial charge in [0.2, 0.25) is 0 Å². The zero-order valence-electron chi connectivity index (χ0n) is 10.0. The van der Waals surface area contributed by atoms with Gasteiger partial charge in [0.1, 0.15) is 5.54 Å². The van der Waals surface area contributed by atoms with Crippen LogP contribution in [0.1, 0.15) is 37.8 Å². The lowest BCUT2D eigenvalue weighted by atomic mass is 10.0. The van der Waals surface area contributed by atoms with Crippen molar-refractivity contribution in [3.8, 4) is 0 Å². The Bertz CT molecular complexity index is 409. The highest BCUT2D eigenvalue weighted by molar-refractivity contribution is 6.30. The number of alkyl halides is 3. The molecule has 1 aromatic carbocycles. The molecule has 0 bridgehead atoms. The summed E-state index contributed by atoms with van der Waals surface area (Å²) in [4.78, 5) is 0. The largest absolute Gasteiger partial charge is 0.406 e. The summed E-state index contributed by atoms with van der Waals surface area (Å²) in [6, 6.07) is 6.67. The highest BCUT2D eigenvalue weighted by Gasteiger charge is 2.63. The van der Waals surface area contributed by atoms with Gasteiger partial charge < -0.3 is 0 Å². The molecule has 1 N–H and O–H groups in total. The summed E-state index contributed by atoms with van der Waals surface area (Å²) in [5, 5.41) is 3.35. The molecule has 1 unspecified atom stereocenters. The molecule has 0 radical (unpaired) electrons. The lowest BCUT2D eigenvalue weighted by Gasteiger charge is -2.27. The van der Waals surface area contributed by atoms with Gasteiger partial charge in [-0.15, -0.1) is 0 Å². The molecule has 1 aliphatic rings. The van der Waals surface area contributed by atoms with Gasteiger partial charge in [-0.2, -0.15) is 13.2 Å². The predicted octanol–water partition coefficient (Wildman–Crippen LogP) is 4.48. The quantitative estimate of drug-likeness (QED) is 0.856. The predicted molar refractivity (Wildman–Crippen MR) is 65.6 cm³/mol. The fourth-order valence-corrected chi connectivity index (χ4v) is 2.21. The van der Waals surface area contributed by atoms with E-state index in [9.17, 15) is 13.2 Å². The number of halogens is 4. The smallest absolute Gasteiger partial charge is 0.297 e. The van der Waals surface area contributed by atoms with Crippen molar-refractivity contribution in [3.05, 3.63) is 34.9 Å². The van der Waals surface area contributed by atoms with Gasteiger partial charge in [-0.05, 0) is 37.0 Å². The lowest BCUT2D eigenvalue weighted by molar-refractivity contribution is -0.168. The van der Waals surface area contributed by atoms with Crippen LogP contribution in [-0.2, 0) is 0 Å². The van der Waals surface area contributed by atoms with Crippen LogP contribution in [0, 0.1) is 0 Å². The zero-order valence-corrected chi connectivity index (χ0v) is 10.8. The Balaban J connectivity index is 2.13. The fraction of sp³-hybridized carbons (Fsp3) is 0.538. The average molecular weight is 278 g/mol. The van der Waals surface area contributed by atoms with E-state index in [-0.39, 0.29) is 18.9 Å². The second kappa shape index (κ2) is 4.74. The van der Waals surface area contributed by atoms with Gasteiger partial charge in [-0.1, -0.05) is 30.7 Å². The van der Waals surface area contributed by atoms with Crippen LogP contribution in [0.3, 0.4) is 0 Å². The molecular formula is C13H15ClF3N. The standard InChI is InChI=1S/C13H15ClF3N/c1-2-11(9-3-5-10(14)6-4-9)18-12(7-8-12)13(15,16)17/h3-6,11,18H,2,7-8H2,1H3. The first-order valence-corrected chi connectivity index (χ1v) is 6.36. The molecular weight excluding hydrogens is 263 g/mol. The Morgan fingerprint density at radius 3 is 2.22 bits per heavy atom. The van der Waals surface area contributed by atoms with Crippen molar-refractivity contribution in [2.45, 2.75) is 43.9 Å². The van der Waals surface area contributed by atoms with Crippen molar-refractivity contribution in [1.29, 1.82) is 0 Å². The molecule has 1 saturated carbocycles. The topological polar surface area (TPSA) is 12.0 Å². The molecule has 0 spiro atoms. The van der Waals surface area contributed by atoms with E-state index in [0.29, 0.717) is 11.4 Å². The van der Waals surface area contributed by atoms with E-state index >= 15 is 0 Å². The van der Waals surface area contributed by atoms with Crippen molar-refractivity contribution in [3.63, 3.8) is 0 Å². The van der Waals surface area contributed by atoms with Gasteiger partial charge in [-0.25, -0.2) is 0 Å². The Kier molecular flexibility index (Phi) is 3.60. The summed E-state index contributed by atoms with van der Waals surface area (Å²) in [7, 11) is 0. The SMILES string of the molecule is CCC(NC1(C(F)(F)F)CC1)c1ccc(Cl)cc1. The van der Waals surface area contributed by atoms with Crippen molar-refractivity contribution in [2.75, 3.05) is 0 Å². The van der Waals surface area contributed by atoms with Gasteiger partial charge >= 0.3 is 6.18 Å². The summed E-state index contributed by atoms with van der Waals surface area (Å²) in [5.41, 5.74) is -0.828. The monoisotopic (exact) mass is 277 g/mol. The Morgan fingerprint density at radius 2 is 1.83 bits per heavy atom. The van der Waals surface area contributed by atoms with E-state index in [2.05, 4.69) is 5.32 Å². The number of hydrogen-bond acceptors (Lipinski definition) is 1. The molecule has 0 aromatic heterocycles. The molecule has 1 aliphatic carbocycles. The second-order valence-corrected chi connectivity index (χ2v) is 5.17. The van der Waals surface area contributed by atoms with Crippen LogP contribution in [-0.4, -0.2) is 11.7 Å².